The maximum atomic E-state index is 11.3. The van der Waals surface area contributed by atoms with E-state index in [0.29, 0.717) is 5.76 Å². The van der Waals surface area contributed by atoms with Crippen LogP contribution >= 0.6 is 0 Å². The van der Waals surface area contributed by atoms with Crippen molar-refractivity contribution in [2.45, 2.75) is 32.6 Å². The summed E-state index contributed by atoms with van der Waals surface area (Å²) in [5.41, 5.74) is 0. The Bertz CT molecular complexity index is 254. The van der Waals surface area contributed by atoms with Crippen LogP contribution in [0.2, 0.25) is 0 Å². The maximum Gasteiger partial charge on any atom is 0.286 e. The molecule has 0 saturated carbocycles. The molecule has 78 valence electrons. The molecule has 0 aliphatic heterocycles. The minimum absolute atomic E-state index is 0.119. The van der Waals surface area contributed by atoms with Crippen LogP contribution in [0.4, 0.5) is 0 Å². The Hall–Kier alpha value is -1.25. The summed E-state index contributed by atoms with van der Waals surface area (Å²) in [5.74, 6) is 0.270. The minimum Gasteiger partial charge on any atom is -0.459 e. The van der Waals surface area contributed by atoms with Crippen molar-refractivity contribution < 1.29 is 9.21 Å². The molecule has 0 saturated heterocycles. The summed E-state index contributed by atoms with van der Waals surface area (Å²) in [6, 6.07) is 3.38. The molecule has 0 spiro atoms. The largest absolute Gasteiger partial charge is 0.459 e. The van der Waals surface area contributed by atoms with Crippen LogP contribution in [0.1, 0.15) is 43.2 Å². The first-order valence-corrected chi connectivity index (χ1v) is 5.16. The van der Waals surface area contributed by atoms with E-state index in [1.165, 1.54) is 25.5 Å². The van der Waals surface area contributed by atoms with E-state index >= 15 is 0 Å². The lowest BCUT2D eigenvalue weighted by molar-refractivity contribution is 0.0925. The number of nitrogens with one attached hydrogen (secondary N) is 1. The number of hydrogen-bond acceptors (Lipinski definition) is 2. The maximum absolute atomic E-state index is 11.3. The van der Waals surface area contributed by atoms with Gasteiger partial charge in [-0.3, -0.25) is 4.79 Å². The number of carbonyl (C=O) groups excluding carboxylic acids is 1. The number of unbranched alkanes of at least 4 members (excludes halogenated alkanes) is 3. The lowest BCUT2D eigenvalue weighted by Crippen LogP contribution is -2.23. The molecule has 0 aliphatic carbocycles. The molecule has 1 heterocycles. The monoisotopic (exact) mass is 195 g/mol. The zero-order valence-electron chi connectivity index (χ0n) is 8.58. The number of carbonyl (C=O) groups is 1. The van der Waals surface area contributed by atoms with E-state index < -0.39 is 0 Å². The fourth-order valence-corrected chi connectivity index (χ4v) is 1.25. The summed E-state index contributed by atoms with van der Waals surface area (Å²) in [7, 11) is 0. The van der Waals surface area contributed by atoms with Gasteiger partial charge in [-0.05, 0) is 18.6 Å². The average Bonchev–Trinajstić information content (AvgIpc) is 2.70. The van der Waals surface area contributed by atoms with Crippen LogP contribution in [0.5, 0.6) is 0 Å². The third-order valence-electron chi connectivity index (χ3n) is 2.06. The van der Waals surface area contributed by atoms with E-state index in [1.807, 2.05) is 0 Å². The van der Waals surface area contributed by atoms with Gasteiger partial charge in [0, 0.05) is 6.54 Å². The first-order valence-electron chi connectivity index (χ1n) is 5.16. The van der Waals surface area contributed by atoms with Crippen molar-refractivity contribution >= 4 is 5.91 Å². The Kier molecular flexibility index (Phi) is 4.83. The normalized spacial score (nSPS) is 10.1. The van der Waals surface area contributed by atoms with Crippen LogP contribution in [0.15, 0.2) is 22.8 Å². The van der Waals surface area contributed by atoms with E-state index in [2.05, 4.69) is 12.2 Å². The fraction of sp³-hybridized carbons (Fsp3) is 0.545. The molecule has 1 amide bonds. The van der Waals surface area contributed by atoms with Gasteiger partial charge < -0.3 is 9.73 Å². The minimum atomic E-state index is -0.119. The summed E-state index contributed by atoms with van der Waals surface area (Å²) in [4.78, 5) is 11.3. The molecule has 0 bridgehead atoms. The van der Waals surface area contributed by atoms with E-state index in [4.69, 9.17) is 4.42 Å². The summed E-state index contributed by atoms with van der Waals surface area (Å²) in [6.07, 6.45) is 6.17. The molecule has 0 atom stereocenters. The van der Waals surface area contributed by atoms with Crippen LogP contribution < -0.4 is 5.32 Å². The highest BCUT2D eigenvalue weighted by Gasteiger charge is 2.05. The molecule has 1 rings (SSSR count). The van der Waals surface area contributed by atoms with E-state index in [1.54, 1.807) is 12.1 Å². The molecule has 0 fully saturated rings. The lowest BCUT2D eigenvalue weighted by Gasteiger charge is -2.01. The van der Waals surface area contributed by atoms with Crippen molar-refractivity contribution in [2.24, 2.45) is 0 Å². The summed E-state index contributed by atoms with van der Waals surface area (Å²) in [5, 5.41) is 2.81. The molecular formula is C11H17NO2. The quantitative estimate of drug-likeness (QED) is 0.709. The van der Waals surface area contributed by atoms with Gasteiger partial charge >= 0.3 is 0 Å². The average molecular weight is 195 g/mol. The highest BCUT2D eigenvalue weighted by atomic mass is 16.3. The van der Waals surface area contributed by atoms with Crippen LogP contribution in [0.25, 0.3) is 0 Å². The molecule has 0 radical (unpaired) electrons. The standard InChI is InChI=1S/C11H17NO2/c1-2-3-4-5-8-12-11(13)10-7-6-9-14-10/h6-7,9H,2-5,8H2,1H3,(H,12,13). The van der Waals surface area contributed by atoms with Gasteiger partial charge in [-0.25, -0.2) is 0 Å². The van der Waals surface area contributed by atoms with Crippen molar-refractivity contribution in [1.29, 1.82) is 0 Å². The Morgan fingerprint density at radius 1 is 1.43 bits per heavy atom. The highest BCUT2D eigenvalue weighted by molar-refractivity contribution is 5.91. The van der Waals surface area contributed by atoms with Gasteiger partial charge in [0.25, 0.3) is 5.91 Å². The molecule has 3 heteroatoms. The second-order valence-corrected chi connectivity index (χ2v) is 3.29. The summed E-state index contributed by atoms with van der Waals surface area (Å²) >= 11 is 0. The van der Waals surface area contributed by atoms with Gasteiger partial charge in [0.15, 0.2) is 5.76 Å². The molecule has 14 heavy (non-hydrogen) atoms. The van der Waals surface area contributed by atoms with Crippen LogP contribution in [0.3, 0.4) is 0 Å². The van der Waals surface area contributed by atoms with E-state index in [9.17, 15) is 4.79 Å². The number of amides is 1. The Morgan fingerprint density at radius 2 is 2.29 bits per heavy atom. The van der Waals surface area contributed by atoms with Crippen LogP contribution in [-0.4, -0.2) is 12.5 Å². The third kappa shape index (κ3) is 3.64. The van der Waals surface area contributed by atoms with Gasteiger partial charge in [-0.1, -0.05) is 26.2 Å². The van der Waals surface area contributed by atoms with Crippen LogP contribution in [-0.2, 0) is 0 Å². The Balaban J connectivity index is 2.10. The molecule has 0 unspecified atom stereocenters. The zero-order valence-corrected chi connectivity index (χ0v) is 8.58. The SMILES string of the molecule is CCCCCCNC(=O)c1ccco1. The fourth-order valence-electron chi connectivity index (χ4n) is 1.25. The van der Waals surface area contributed by atoms with Gasteiger partial charge in [-0.15, -0.1) is 0 Å². The van der Waals surface area contributed by atoms with E-state index in [0.717, 1.165) is 13.0 Å². The van der Waals surface area contributed by atoms with Gasteiger partial charge in [0.2, 0.25) is 0 Å². The Labute approximate surface area is 84.5 Å². The molecule has 3 nitrogen and oxygen atoms in total. The smallest absolute Gasteiger partial charge is 0.286 e. The molecule has 0 aromatic carbocycles. The number of hydrogen-bond donors (Lipinski definition) is 1. The predicted molar refractivity (Wildman–Crippen MR) is 55.2 cm³/mol. The molecular weight excluding hydrogens is 178 g/mol. The van der Waals surface area contributed by atoms with Crippen molar-refractivity contribution in [2.75, 3.05) is 6.54 Å². The zero-order chi connectivity index (χ0) is 10.2. The molecule has 1 N–H and O–H groups in total. The first-order chi connectivity index (χ1) is 6.84. The first kappa shape index (κ1) is 10.8. The van der Waals surface area contributed by atoms with Crippen molar-refractivity contribution in [3.8, 4) is 0 Å². The molecule has 0 aliphatic rings. The molecule has 1 aromatic rings. The second-order valence-electron chi connectivity index (χ2n) is 3.29. The summed E-state index contributed by atoms with van der Waals surface area (Å²) < 4.78 is 4.96. The Morgan fingerprint density at radius 3 is 2.93 bits per heavy atom. The summed E-state index contributed by atoms with van der Waals surface area (Å²) in [6.45, 7) is 2.90. The lowest BCUT2D eigenvalue weighted by atomic mass is 10.2. The van der Waals surface area contributed by atoms with Crippen molar-refractivity contribution in [3.05, 3.63) is 24.2 Å². The van der Waals surface area contributed by atoms with Gasteiger partial charge in [0.1, 0.15) is 0 Å². The highest BCUT2D eigenvalue weighted by Crippen LogP contribution is 2.00. The number of furan rings is 1. The topological polar surface area (TPSA) is 42.2 Å². The van der Waals surface area contributed by atoms with Crippen molar-refractivity contribution in [1.82, 2.24) is 5.32 Å². The van der Waals surface area contributed by atoms with Crippen LogP contribution in [0, 0.1) is 0 Å². The molecule has 1 aromatic heterocycles. The second kappa shape index (κ2) is 6.24. The van der Waals surface area contributed by atoms with E-state index in [-0.39, 0.29) is 5.91 Å². The predicted octanol–water partition coefficient (Wildman–Crippen LogP) is 2.59. The third-order valence-corrected chi connectivity index (χ3v) is 2.06. The number of rotatable bonds is 6. The van der Waals surface area contributed by atoms with Crippen molar-refractivity contribution in [3.63, 3.8) is 0 Å². The van der Waals surface area contributed by atoms with Gasteiger partial charge in [0.05, 0.1) is 6.26 Å². The van der Waals surface area contributed by atoms with Gasteiger partial charge in [-0.2, -0.15) is 0 Å².